The lowest BCUT2D eigenvalue weighted by molar-refractivity contribution is -0.146. The summed E-state index contributed by atoms with van der Waals surface area (Å²) < 4.78 is 44.1. The van der Waals surface area contributed by atoms with Crippen molar-refractivity contribution in [2.45, 2.75) is 6.18 Å². The van der Waals surface area contributed by atoms with Crippen molar-refractivity contribution in [1.29, 1.82) is 0 Å². The highest BCUT2D eigenvalue weighted by Crippen LogP contribution is 2.36. The number of hydrogen-bond donors (Lipinski definition) is 1. The SMILES string of the molecule is COc1cc(N)ccc1-c1nn2c(C(F)(F)F)nnc2s1. The van der Waals surface area contributed by atoms with E-state index in [4.69, 9.17) is 10.5 Å². The van der Waals surface area contributed by atoms with Crippen LogP contribution in [-0.4, -0.2) is 26.9 Å². The van der Waals surface area contributed by atoms with Gasteiger partial charge in [-0.3, -0.25) is 0 Å². The average Bonchev–Trinajstić information content (AvgIpc) is 2.96. The molecule has 0 saturated carbocycles. The normalized spacial score (nSPS) is 12.0. The lowest BCUT2D eigenvalue weighted by atomic mass is 10.2. The van der Waals surface area contributed by atoms with Crippen LogP contribution in [0.2, 0.25) is 0 Å². The number of halogens is 3. The third kappa shape index (κ3) is 2.27. The molecule has 0 fully saturated rings. The van der Waals surface area contributed by atoms with Crippen LogP contribution in [0.3, 0.4) is 0 Å². The zero-order chi connectivity index (χ0) is 15.2. The molecule has 110 valence electrons. The van der Waals surface area contributed by atoms with Crippen LogP contribution < -0.4 is 10.5 Å². The van der Waals surface area contributed by atoms with Gasteiger partial charge in [-0.15, -0.1) is 10.2 Å². The maximum Gasteiger partial charge on any atom is 0.453 e. The van der Waals surface area contributed by atoms with Gasteiger partial charge in [0.2, 0.25) is 4.96 Å². The molecule has 0 saturated heterocycles. The summed E-state index contributed by atoms with van der Waals surface area (Å²) in [6.45, 7) is 0. The molecule has 0 unspecified atom stereocenters. The summed E-state index contributed by atoms with van der Waals surface area (Å²) in [7, 11) is 1.44. The highest BCUT2D eigenvalue weighted by molar-refractivity contribution is 7.19. The van der Waals surface area contributed by atoms with E-state index in [1.807, 2.05) is 0 Å². The van der Waals surface area contributed by atoms with Crippen molar-refractivity contribution >= 4 is 22.0 Å². The largest absolute Gasteiger partial charge is 0.496 e. The Labute approximate surface area is 120 Å². The standard InChI is InChI=1S/C11H8F3N5OS/c1-20-7-4-5(15)2-3-6(7)8-18-19-9(11(12,13)14)16-17-10(19)21-8/h2-4H,15H2,1H3. The first-order chi connectivity index (χ1) is 9.90. The van der Waals surface area contributed by atoms with E-state index in [9.17, 15) is 13.2 Å². The molecule has 0 bridgehead atoms. The summed E-state index contributed by atoms with van der Waals surface area (Å²) in [4.78, 5) is 0.0520. The number of anilines is 1. The first-order valence-corrected chi connectivity index (χ1v) is 6.45. The van der Waals surface area contributed by atoms with Crippen LogP contribution >= 0.6 is 11.3 Å². The maximum atomic E-state index is 12.8. The molecule has 2 heterocycles. The Morgan fingerprint density at radius 1 is 1.29 bits per heavy atom. The summed E-state index contributed by atoms with van der Waals surface area (Å²) >= 11 is 0.980. The molecule has 2 aromatic heterocycles. The van der Waals surface area contributed by atoms with Gasteiger partial charge in [0.25, 0.3) is 5.82 Å². The summed E-state index contributed by atoms with van der Waals surface area (Å²) in [6, 6.07) is 4.82. The molecule has 0 aliphatic rings. The van der Waals surface area contributed by atoms with Gasteiger partial charge in [0.05, 0.1) is 12.7 Å². The van der Waals surface area contributed by atoms with Crippen molar-refractivity contribution in [3.63, 3.8) is 0 Å². The predicted molar refractivity (Wildman–Crippen MR) is 70.1 cm³/mol. The Bertz CT molecular complexity index is 810. The number of methoxy groups -OCH3 is 1. The second-order valence-corrected chi connectivity index (χ2v) is 5.04. The number of nitrogens with zero attached hydrogens (tertiary/aromatic N) is 4. The Hall–Kier alpha value is -2.36. The minimum absolute atomic E-state index is 0.0520. The monoisotopic (exact) mass is 315 g/mol. The molecule has 21 heavy (non-hydrogen) atoms. The van der Waals surface area contributed by atoms with Crippen LogP contribution in [-0.2, 0) is 6.18 Å². The van der Waals surface area contributed by atoms with Gasteiger partial charge in [-0.05, 0) is 12.1 Å². The quantitative estimate of drug-likeness (QED) is 0.735. The van der Waals surface area contributed by atoms with Gasteiger partial charge in [-0.25, -0.2) is 0 Å². The molecule has 0 spiro atoms. The fraction of sp³-hybridized carbons (Fsp3) is 0.182. The van der Waals surface area contributed by atoms with E-state index in [-0.39, 0.29) is 4.96 Å². The first kappa shape index (κ1) is 13.6. The maximum absolute atomic E-state index is 12.8. The van der Waals surface area contributed by atoms with E-state index in [1.165, 1.54) is 7.11 Å². The summed E-state index contributed by atoms with van der Waals surface area (Å²) in [5.74, 6) is -0.733. The smallest absolute Gasteiger partial charge is 0.453 e. The molecule has 0 aliphatic carbocycles. The van der Waals surface area contributed by atoms with Crippen molar-refractivity contribution in [3.8, 4) is 16.3 Å². The Kier molecular flexibility index (Phi) is 2.97. The predicted octanol–water partition coefficient (Wildman–Crippen LogP) is 2.46. The van der Waals surface area contributed by atoms with Crippen LogP contribution in [0.1, 0.15) is 5.82 Å². The van der Waals surface area contributed by atoms with Crippen molar-refractivity contribution in [1.82, 2.24) is 19.8 Å². The van der Waals surface area contributed by atoms with E-state index in [0.29, 0.717) is 26.5 Å². The number of benzene rings is 1. The molecule has 0 atom stereocenters. The lowest BCUT2D eigenvalue weighted by Crippen LogP contribution is -2.11. The zero-order valence-electron chi connectivity index (χ0n) is 10.5. The molecule has 10 heteroatoms. The highest BCUT2D eigenvalue weighted by atomic mass is 32.1. The van der Waals surface area contributed by atoms with Gasteiger partial charge in [-0.1, -0.05) is 11.3 Å². The number of hydrogen-bond acceptors (Lipinski definition) is 6. The molecule has 0 amide bonds. The average molecular weight is 315 g/mol. The van der Waals surface area contributed by atoms with Crippen molar-refractivity contribution in [2.75, 3.05) is 12.8 Å². The number of fused-ring (bicyclic) bond motifs is 1. The summed E-state index contributed by atoms with van der Waals surface area (Å²) in [5, 5.41) is 10.8. The topological polar surface area (TPSA) is 78.3 Å². The first-order valence-electron chi connectivity index (χ1n) is 5.63. The fourth-order valence-corrected chi connectivity index (χ4v) is 2.66. The van der Waals surface area contributed by atoms with Crippen LogP contribution in [0, 0.1) is 0 Å². The Morgan fingerprint density at radius 3 is 2.71 bits per heavy atom. The number of nitrogen functional groups attached to an aromatic ring is 1. The number of nitrogens with two attached hydrogens (primary N) is 1. The molecule has 0 radical (unpaired) electrons. The van der Waals surface area contributed by atoms with E-state index >= 15 is 0 Å². The van der Waals surface area contributed by atoms with Crippen LogP contribution in [0.15, 0.2) is 18.2 Å². The molecule has 1 aromatic carbocycles. The van der Waals surface area contributed by atoms with Gasteiger partial charge in [0.15, 0.2) is 5.01 Å². The second-order valence-electron chi connectivity index (χ2n) is 4.08. The van der Waals surface area contributed by atoms with Gasteiger partial charge < -0.3 is 10.5 Å². The van der Waals surface area contributed by atoms with E-state index in [0.717, 1.165) is 11.3 Å². The number of rotatable bonds is 2. The Balaban J connectivity index is 2.16. The minimum Gasteiger partial charge on any atom is -0.496 e. The molecular formula is C11H8F3N5OS. The van der Waals surface area contributed by atoms with Crippen molar-refractivity contribution in [3.05, 3.63) is 24.0 Å². The van der Waals surface area contributed by atoms with Gasteiger partial charge in [0, 0.05) is 11.8 Å². The van der Waals surface area contributed by atoms with Crippen LogP contribution in [0.5, 0.6) is 5.75 Å². The number of ether oxygens (including phenoxy) is 1. The van der Waals surface area contributed by atoms with E-state index in [1.54, 1.807) is 18.2 Å². The Morgan fingerprint density at radius 2 is 2.05 bits per heavy atom. The van der Waals surface area contributed by atoms with Crippen molar-refractivity contribution in [2.24, 2.45) is 0 Å². The third-order valence-electron chi connectivity index (χ3n) is 2.70. The highest BCUT2D eigenvalue weighted by Gasteiger charge is 2.38. The molecule has 0 aliphatic heterocycles. The zero-order valence-corrected chi connectivity index (χ0v) is 11.4. The van der Waals surface area contributed by atoms with Crippen LogP contribution in [0.4, 0.5) is 18.9 Å². The molecule has 2 N–H and O–H groups in total. The molecular weight excluding hydrogens is 307 g/mol. The fourth-order valence-electron chi connectivity index (χ4n) is 1.79. The summed E-state index contributed by atoms with van der Waals surface area (Å²) in [6.07, 6.45) is -4.62. The van der Waals surface area contributed by atoms with Gasteiger partial charge >= 0.3 is 6.18 Å². The summed E-state index contributed by atoms with van der Waals surface area (Å²) in [5.41, 5.74) is 6.66. The second kappa shape index (κ2) is 4.58. The van der Waals surface area contributed by atoms with Crippen molar-refractivity contribution < 1.29 is 17.9 Å². The molecule has 3 rings (SSSR count). The lowest BCUT2D eigenvalue weighted by Gasteiger charge is -2.06. The van der Waals surface area contributed by atoms with E-state index in [2.05, 4.69) is 15.3 Å². The molecule has 3 aromatic rings. The minimum atomic E-state index is -4.62. The number of alkyl halides is 3. The van der Waals surface area contributed by atoms with Gasteiger partial charge in [0.1, 0.15) is 5.75 Å². The molecule has 6 nitrogen and oxygen atoms in total. The third-order valence-corrected chi connectivity index (χ3v) is 3.63. The van der Waals surface area contributed by atoms with E-state index < -0.39 is 12.0 Å². The van der Waals surface area contributed by atoms with Crippen LogP contribution in [0.25, 0.3) is 15.5 Å². The number of aromatic nitrogens is 4. The van der Waals surface area contributed by atoms with Gasteiger partial charge in [-0.2, -0.15) is 22.8 Å².